The van der Waals surface area contributed by atoms with Crippen molar-refractivity contribution >= 4 is 0 Å². The van der Waals surface area contributed by atoms with Gasteiger partial charge in [-0.15, -0.1) is 0 Å². The van der Waals surface area contributed by atoms with E-state index < -0.39 is 0 Å². The first-order valence-corrected chi connectivity index (χ1v) is 3.97. The highest BCUT2D eigenvalue weighted by molar-refractivity contribution is 5.15. The molecular weight excluding hydrogens is 124 g/mol. The third-order valence-corrected chi connectivity index (χ3v) is 2.31. The standard InChI is InChI=1S/C9H16O/c1-9(2,7-10)8-5-3-4-6-8/h5,10H,3-4,6-7H2,1-2H3. The van der Waals surface area contributed by atoms with Crippen LogP contribution in [0.25, 0.3) is 0 Å². The zero-order valence-electron chi connectivity index (χ0n) is 6.85. The van der Waals surface area contributed by atoms with Crippen molar-refractivity contribution in [3.8, 4) is 0 Å². The van der Waals surface area contributed by atoms with Crippen LogP contribution in [-0.4, -0.2) is 11.7 Å². The second-order valence-corrected chi connectivity index (χ2v) is 3.66. The Kier molecular flexibility index (Phi) is 2.14. The minimum atomic E-state index is 0.0382. The van der Waals surface area contributed by atoms with Gasteiger partial charge in [-0.05, 0) is 19.3 Å². The first-order chi connectivity index (χ1) is 4.67. The molecule has 0 fully saturated rings. The van der Waals surface area contributed by atoms with Crippen LogP contribution in [0.2, 0.25) is 0 Å². The molecule has 1 nitrogen and oxygen atoms in total. The van der Waals surface area contributed by atoms with Gasteiger partial charge >= 0.3 is 0 Å². The van der Waals surface area contributed by atoms with E-state index in [0.717, 1.165) is 0 Å². The topological polar surface area (TPSA) is 20.2 Å². The molecule has 0 aromatic rings. The Morgan fingerprint density at radius 1 is 1.60 bits per heavy atom. The Morgan fingerprint density at radius 3 is 2.70 bits per heavy atom. The fourth-order valence-corrected chi connectivity index (χ4v) is 1.39. The maximum atomic E-state index is 9.01. The number of rotatable bonds is 2. The molecule has 0 saturated heterocycles. The van der Waals surface area contributed by atoms with Crippen LogP contribution < -0.4 is 0 Å². The average Bonchev–Trinajstić information content (AvgIpc) is 2.38. The largest absolute Gasteiger partial charge is 0.395 e. The van der Waals surface area contributed by atoms with Crippen molar-refractivity contribution in [2.45, 2.75) is 33.1 Å². The molecular formula is C9H16O. The van der Waals surface area contributed by atoms with Gasteiger partial charge in [-0.1, -0.05) is 25.5 Å². The summed E-state index contributed by atoms with van der Waals surface area (Å²) in [6, 6.07) is 0. The summed E-state index contributed by atoms with van der Waals surface area (Å²) in [5.41, 5.74) is 1.48. The molecule has 0 unspecified atom stereocenters. The molecule has 0 aromatic heterocycles. The summed E-state index contributed by atoms with van der Waals surface area (Å²) in [5, 5.41) is 9.01. The minimum Gasteiger partial charge on any atom is -0.395 e. The van der Waals surface area contributed by atoms with E-state index in [2.05, 4.69) is 19.9 Å². The highest BCUT2D eigenvalue weighted by atomic mass is 16.3. The van der Waals surface area contributed by atoms with E-state index >= 15 is 0 Å². The van der Waals surface area contributed by atoms with Gasteiger partial charge in [0.2, 0.25) is 0 Å². The van der Waals surface area contributed by atoms with Gasteiger partial charge < -0.3 is 5.11 Å². The van der Waals surface area contributed by atoms with E-state index in [1.54, 1.807) is 0 Å². The smallest absolute Gasteiger partial charge is 0.0519 e. The lowest BCUT2D eigenvalue weighted by molar-refractivity contribution is 0.188. The maximum absolute atomic E-state index is 9.01. The van der Waals surface area contributed by atoms with Gasteiger partial charge in [0, 0.05) is 5.41 Å². The predicted octanol–water partition coefficient (Wildman–Crippen LogP) is 2.12. The van der Waals surface area contributed by atoms with Crippen LogP contribution in [0.1, 0.15) is 33.1 Å². The Balaban J connectivity index is 2.62. The Labute approximate surface area is 62.8 Å². The van der Waals surface area contributed by atoms with Crippen LogP contribution in [0.3, 0.4) is 0 Å². The predicted molar refractivity (Wildman–Crippen MR) is 42.8 cm³/mol. The molecule has 0 aromatic carbocycles. The normalized spacial score (nSPS) is 19.3. The lowest BCUT2D eigenvalue weighted by atomic mass is 9.85. The van der Waals surface area contributed by atoms with Gasteiger partial charge in [0.1, 0.15) is 0 Å². The number of aliphatic hydroxyl groups is 1. The lowest BCUT2D eigenvalue weighted by Gasteiger charge is -2.23. The molecule has 0 aliphatic heterocycles. The zero-order chi connectivity index (χ0) is 7.61. The van der Waals surface area contributed by atoms with Crippen molar-refractivity contribution < 1.29 is 5.11 Å². The molecule has 0 spiro atoms. The molecule has 0 heterocycles. The van der Waals surface area contributed by atoms with Crippen LogP contribution in [0, 0.1) is 5.41 Å². The number of hydrogen-bond donors (Lipinski definition) is 1. The molecule has 58 valence electrons. The van der Waals surface area contributed by atoms with Crippen LogP contribution >= 0.6 is 0 Å². The molecule has 0 bridgehead atoms. The van der Waals surface area contributed by atoms with Gasteiger partial charge in [0.15, 0.2) is 0 Å². The van der Waals surface area contributed by atoms with E-state index in [-0.39, 0.29) is 12.0 Å². The maximum Gasteiger partial charge on any atom is 0.0519 e. The Morgan fingerprint density at radius 2 is 2.30 bits per heavy atom. The van der Waals surface area contributed by atoms with Crippen molar-refractivity contribution in [3.63, 3.8) is 0 Å². The van der Waals surface area contributed by atoms with E-state index in [4.69, 9.17) is 5.11 Å². The summed E-state index contributed by atoms with van der Waals surface area (Å²) < 4.78 is 0. The van der Waals surface area contributed by atoms with Crippen molar-refractivity contribution in [1.29, 1.82) is 0 Å². The SMILES string of the molecule is CC(C)(CO)C1=CCCC1. The van der Waals surface area contributed by atoms with Crippen molar-refractivity contribution in [2.75, 3.05) is 6.61 Å². The summed E-state index contributed by atoms with van der Waals surface area (Å²) >= 11 is 0. The first kappa shape index (κ1) is 7.80. The molecule has 0 amide bonds. The van der Waals surface area contributed by atoms with Crippen LogP contribution in [-0.2, 0) is 0 Å². The summed E-state index contributed by atoms with van der Waals surface area (Å²) in [6.07, 6.45) is 5.95. The number of aliphatic hydroxyl groups excluding tert-OH is 1. The lowest BCUT2D eigenvalue weighted by Crippen LogP contribution is -2.18. The zero-order valence-corrected chi connectivity index (χ0v) is 6.85. The Bertz CT molecular complexity index is 145. The van der Waals surface area contributed by atoms with Gasteiger partial charge in [-0.3, -0.25) is 0 Å². The van der Waals surface area contributed by atoms with Crippen molar-refractivity contribution in [1.82, 2.24) is 0 Å². The molecule has 0 radical (unpaired) electrons. The summed E-state index contributed by atoms with van der Waals surface area (Å²) in [6.45, 7) is 4.48. The van der Waals surface area contributed by atoms with Gasteiger partial charge in [0.25, 0.3) is 0 Å². The van der Waals surface area contributed by atoms with Crippen LogP contribution in [0.5, 0.6) is 0 Å². The van der Waals surface area contributed by atoms with E-state index in [9.17, 15) is 0 Å². The van der Waals surface area contributed by atoms with Gasteiger partial charge in [0.05, 0.1) is 6.61 Å². The van der Waals surface area contributed by atoms with E-state index in [1.807, 2.05) is 0 Å². The quantitative estimate of drug-likeness (QED) is 0.582. The van der Waals surface area contributed by atoms with Gasteiger partial charge in [-0.25, -0.2) is 0 Å². The Hall–Kier alpha value is -0.300. The molecule has 1 N–H and O–H groups in total. The molecule has 1 aliphatic carbocycles. The van der Waals surface area contributed by atoms with E-state index in [0.29, 0.717) is 0 Å². The van der Waals surface area contributed by atoms with Crippen molar-refractivity contribution in [3.05, 3.63) is 11.6 Å². The molecule has 1 rings (SSSR count). The van der Waals surface area contributed by atoms with E-state index in [1.165, 1.54) is 24.8 Å². The fraction of sp³-hybridized carbons (Fsp3) is 0.778. The third-order valence-electron chi connectivity index (χ3n) is 2.31. The summed E-state index contributed by atoms with van der Waals surface area (Å²) in [4.78, 5) is 0. The second kappa shape index (κ2) is 2.75. The van der Waals surface area contributed by atoms with Crippen LogP contribution in [0.15, 0.2) is 11.6 Å². The highest BCUT2D eigenvalue weighted by Crippen LogP contribution is 2.33. The third kappa shape index (κ3) is 1.40. The molecule has 0 atom stereocenters. The van der Waals surface area contributed by atoms with Crippen molar-refractivity contribution in [2.24, 2.45) is 5.41 Å². The number of hydrogen-bond acceptors (Lipinski definition) is 1. The molecule has 0 saturated carbocycles. The molecule has 1 aliphatic rings. The van der Waals surface area contributed by atoms with Gasteiger partial charge in [-0.2, -0.15) is 0 Å². The molecule has 10 heavy (non-hydrogen) atoms. The number of allylic oxidation sites excluding steroid dienone is 1. The second-order valence-electron chi connectivity index (χ2n) is 3.66. The van der Waals surface area contributed by atoms with Crippen LogP contribution in [0.4, 0.5) is 0 Å². The molecule has 1 heteroatoms. The average molecular weight is 140 g/mol. The first-order valence-electron chi connectivity index (χ1n) is 3.97. The highest BCUT2D eigenvalue weighted by Gasteiger charge is 2.23. The summed E-state index contributed by atoms with van der Waals surface area (Å²) in [7, 11) is 0. The minimum absolute atomic E-state index is 0.0382. The fourth-order valence-electron chi connectivity index (χ4n) is 1.39. The summed E-state index contributed by atoms with van der Waals surface area (Å²) in [5.74, 6) is 0. The monoisotopic (exact) mass is 140 g/mol.